The standard InChI is InChI=1S/C8H14N2O6/c1-16-6(12)2-3-9-8(15)10-5(4-11)7(13)14/h5,11H,2-4H2,1H3,(H,13,14)(H2,9,10,15). The highest BCUT2D eigenvalue weighted by Gasteiger charge is 2.18. The average Bonchev–Trinajstić information content (AvgIpc) is 2.25. The van der Waals surface area contributed by atoms with Gasteiger partial charge in [-0.1, -0.05) is 0 Å². The van der Waals surface area contributed by atoms with Gasteiger partial charge < -0.3 is 25.6 Å². The normalized spacial score (nSPS) is 11.4. The summed E-state index contributed by atoms with van der Waals surface area (Å²) in [6.07, 6.45) is -0.0131. The Kier molecular flexibility index (Phi) is 6.61. The Morgan fingerprint density at radius 3 is 2.44 bits per heavy atom. The maximum atomic E-state index is 11.0. The van der Waals surface area contributed by atoms with Crippen LogP contribution in [0.3, 0.4) is 0 Å². The number of methoxy groups -OCH3 is 1. The predicted octanol–water partition coefficient (Wildman–Crippen LogP) is -1.71. The molecule has 0 rings (SSSR count). The molecule has 8 heteroatoms. The van der Waals surface area contributed by atoms with E-state index in [1.807, 2.05) is 5.32 Å². The minimum atomic E-state index is -1.36. The molecule has 0 aromatic carbocycles. The second kappa shape index (κ2) is 7.46. The molecule has 0 bridgehead atoms. The molecule has 1 atom stereocenters. The first-order valence-corrected chi connectivity index (χ1v) is 4.46. The van der Waals surface area contributed by atoms with Crippen molar-refractivity contribution in [3.8, 4) is 0 Å². The molecule has 4 N–H and O–H groups in total. The fraction of sp³-hybridized carbons (Fsp3) is 0.625. The van der Waals surface area contributed by atoms with Crippen molar-refractivity contribution in [2.75, 3.05) is 20.3 Å². The third-order valence-electron chi connectivity index (χ3n) is 1.63. The number of amides is 2. The Hall–Kier alpha value is -1.83. The zero-order chi connectivity index (χ0) is 12.6. The topological polar surface area (TPSA) is 125 Å². The lowest BCUT2D eigenvalue weighted by atomic mass is 10.3. The van der Waals surface area contributed by atoms with Gasteiger partial charge in [-0.05, 0) is 0 Å². The van der Waals surface area contributed by atoms with Crippen molar-refractivity contribution in [3.63, 3.8) is 0 Å². The number of urea groups is 1. The minimum absolute atomic E-state index is 0.0131. The van der Waals surface area contributed by atoms with E-state index in [-0.39, 0.29) is 13.0 Å². The van der Waals surface area contributed by atoms with Crippen LogP contribution in [0.1, 0.15) is 6.42 Å². The number of carboxylic acids is 1. The van der Waals surface area contributed by atoms with Crippen LogP contribution in [0.4, 0.5) is 4.79 Å². The molecule has 0 fully saturated rings. The fourth-order valence-corrected chi connectivity index (χ4v) is 0.775. The molecule has 0 aliphatic carbocycles. The first-order chi connectivity index (χ1) is 7.51. The number of carboxylic acid groups (broad SMARTS) is 1. The molecule has 1 unspecified atom stereocenters. The molecule has 0 aliphatic rings. The summed E-state index contributed by atoms with van der Waals surface area (Å²) in [5.74, 6) is -1.83. The zero-order valence-electron chi connectivity index (χ0n) is 8.73. The van der Waals surface area contributed by atoms with E-state index in [0.29, 0.717) is 0 Å². The van der Waals surface area contributed by atoms with Gasteiger partial charge in [0.2, 0.25) is 0 Å². The quantitative estimate of drug-likeness (QED) is 0.406. The van der Waals surface area contributed by atoms with E-state index in [9.17, 15) is 14.4 Å². The lowest BCUT2D eigenvalue weighted by molar-refractivity contribution is -0.141. The second-order valence-corrected chi connectivity index (χ2v) is 2.80. The smallest absolute Gasteiger partial charge is 0.328 e. The Morgan fingerprint density at radius 2 is 2.00 bits per heavy atom. The van der Waals surface area contributed by atoms with E-state index >= 15 is 0 Å². The molecule has 0 aromatic rings. The Balaban J connectivity index is 3.81. The van der Waals surface area contributed by atoms with Crippen LogP contribution in [0.25, 0.3) is 0 Å². The van der Waals surface area contributed by atoms with Crippen molar-refractivity contribution >= 4 is 18.0 Å². The molecule has 0 heterocycles. The molecule has 0 saturated carbocycles. The molecular weight excluding hydrogens is 220 g/mol. The van der Waals surface area contributed by atoms with Crippen molar-refractivity contribution in [1.82, 2.24) is 10.6 Å². The van der Waals surface area contributed by atoms with Crippen molar-refractivity contribution in [1.29, 1.82) is 0 Å². The second-order valence-electron chi connectivity index (χ2n) is 2.80. The highest BCUT2D eigenvalue weighted by Crippen LogP contribution is 1.84. The van der Waals surface area contributed by atoms with Gasteiger partial charge in [0, 0.05) is 6.54 Å². The third kappa shape index (κ3) is 5.81. The van der Waals surface area contributed by atoms with Gasteiger partial charge in [0.25, 0.3) is 0 Å². The molecule has 0 aliphatic heterocycles. The SMILES string of the molecule is COC(=O)CCNC(=O)NC(CO)C(=O)O. The minimum Gasteiger partial charge on any atom is -0.480 e. The van der Waals surface area contributed by atoms with Gasteiger partial charge in [-0.25, -0.2) is 9.59 Å². The van der Waals surface area contributed by atoms with E-state index < -0.39 is 30.6 Å². The van der Waals surface area contributed by atoms with Gasteiger partial charge in [-0.15, -0.1) is 0 Å². The first kappa shape index (κ1) is 14.2. The number of aliphatic hydroxyl groups is 1. The van der Waals surface area contributed by atoms with Gasteiger partial charge in [-0.2, -0.15) is 0 Å². The van der Waals surface area contributed by atoms with Crippen LogP contribution in [-0.2, 0) is 14.3 Å². The van der Waals surface area contributed by atoms with E-state index in [1.165, 1.54) is 7.11 Å². The molecule has 92 valence electrons. The van der Waals surface area contributed by atoms with Crippen LogP contribution in [0, 0.1) is 0 Å². The number of carbonyl (C=O) groups excluding carboxylic acids is 2. The number of hydrogen-bond donors (Lipinski definition) is 4. The number of carbonyl (C=O) groups is 3. The number of hydrogen-bond acceptors (Lipinski definition) is 5. The Bertz CT molecular complexity index is 267. The number of nitrogens with one attached hydrogen (secondary N) is 2. The zero-order valence-corrected chi connectivity index (χ0v) is 8.73. The largest absolute Gasteiger partial charge is 0.480 e. The van der Waals surface area contributed by atoms with Gasteiger partial charge in [-0.3, -0.25) is 4.79 Å². The molecule has 0 aromatic heterocycles. The summed E-state index contributed by atoms with van der Waals surface area (Å²) in [7, 11) is 1.22. The predicted molar refractivity (Wildman–Crippen MR) is 51.7 cm³/mol. The van der Waals surface area contributed by atoms with Crippen LogP contribution < -0.4 is 10.6 Å². The van der Waals surface area contributed by atoms with Crippen molar-refractivity contribution in [3.05, 3.63) is 0 Å². The van der Waals surface area contributed by atoms with E-state index in [2.05, 4.69) is 10.1 Å². The maximum absolute atomic E-state index is 11.0. The number of ether oxygens (including phenoxy) is 1. The molecule has 0 spiro atoms. The summed E-state index contributed by atoms with van der Waals surface area (Å²) in [6, 6.07) is -2.14. The summed E-state index contributed by atoms with van der Waals surface area (Å²) >= 11 is 0. The lowest BCUT2D eigenvalue weighted by Crippen LogP contribution is -2.48. The van der Waals surface area contributed by atoms with Gasteiger partial charge in [0.15, 0.2) is 6.04 Å². The number of rotatable bonds is 6. The van der Waals surface area contributed by atoms with Crippen LogP contribution in [0.2, 0.25) is 0 Å². The van der Waals surface area contributed by atoms with Gasteiger partial charge in [0.1, 0.15) is 0 Å². The summed E-state index contributed by atoms with van der Waals surface area (Å²) in [4.78, 5) is 32.1. The van der Waals surface area contributed by atoms with Gasteiger partial charge in [0.05, 0.1) is 20.1 Å². The monoisotopic (exact) mass is 234 g/mol. The molecule has 0 radical (unpaired) electrons. The summed E-state index contributed by atoms with van der Waals surface area (Å²) < 4.78 is 4.33. The third-order valence-corrected chi connectivity index (χ3v) is 1.63. The number of esters is 1. The summed E-state index contributed by atoms with van der Waals surface area (Å²) in [5, 5.41) is 21.3. The molecule has 16 heavy (non-hydrogen) atoms. The van der Waals surface area contributed by atoms with E-state index in [0.717, 1.165) is 0 Å². The maximum Gasteiger partial charge on any atom is 0.328 e. The summed E-state index contributed by atoms with van der Waals surface area (Å²) in [5.41, 5.74) is 0. The molecular formula is C8H14N2O6. The highest BCUT2D eigenvalue weighted by molar-refractivity contribution is 5.82. The van der Waals surface area contributed by atoms with E-state index in [1.54, 1.807) is 0 Å². The van der Waals surface area contributed by atoms with Crippen LogP contribution in [0.15, 0.2) is 0 Å². The molecule has 2 amide bonds. The Morgan fingerprint density at radius 1 is 1.38 bits per heavy atom. The number of aliphatic hydroxyl groups excluding tert-OH is 1. The van der Waals surface area contributed by atoms with E-state index in [4.69, 9.17) is 10.2 Å². The highest BCUT2D eigenvalue weighted by atomic mass is 16.5. The van der Waals surface area contributed by atoms with Crippen LogP contribution in [0.5, 0.6) is 0 Å². The summed E-state index contributed by atoms with van der Waals surface area (Å²) in [6.45, 7) is -0.684. The van der Waals surface area contributed by atoms with Crippen molar-refractivity contribution in [2.45, 2.75) is 12.5 Å². The van der Waals surface area contributed by atoms with Crippen molar-refractivity contribution in [2.24, 2.45) is 0 Å². The Labute approximate surface area is 91.6 Å². The lowest BCUT2D eigenvalue weighted by Gasteiger charge is -2.12. The number of aliphatic carboxylic acids is 1. The molecule has 8 nitrogen and oxygen atoms in total. The van der Waals surface area contributed by atoms with Crippen LogP contribution in [-0.4, -0.2) is 54.5 Å². The molecule has 0 saturated heterocycles. The van der Waals surface area contributed by atoms with Gasteiger partial charge >= 0.3 is 18.0 Å². The fourth-order valence-electron chi connectivity index (χ4n) is 0.775. The van der Waals surface area contributed by atoms with Crippen LogP contribution >= 0.6 is 0 Å². The first-order valence-electron chi connectivity index (χ1n) is 4.46. The van der Waals surface area contributed by atoms with Crippen molar-refractivity contribution < 1.29 is 29.3 Å². The average molecular weight is 234 g/mol.